The van der Waals surface area contributed by atoms with Crippen molar-refractivity contribution in [3.05, 3.63) is 133 Å². The molecule has 0 bridgehead atoms. The lowest BCUT2D eigenvalue weighted by molar-refractivity contribution is -0.633. The average Bonchev–Trinajstić information content (AvgIpc) is 2.94. The summed E-state index contributed by atoms with van der Waals surface area (Å²) in [6.45, 7) is 2.19. The Kier molecular flexibility index (Phi) is 5.40. The number of hydrogen-bond acceptors (Lipinski definition) is 0. The van der Waals surface area contributed by atoms with Gasteiger partial charge in [0, 0.05) is 17.7 Å². The molecule has 6 aromatic rings. The van der Waals surface area contributed by atoms with Crippen LogP contribution in [0.25, 0.3) is 32.9 Å². The highest BCUT2D eigenvalue weighted by molar-refractivity contribution is 6.11. The first-order chi connectivity index (χ1) is 17.6. The minimum Gasteiger partial charge on any atom is -0.223 e. The highest BCUT2D eigenvalue weighted by Crippen LogP contribution is 2.46. The SMILES string of the molecule is Cc1ccccc1-c1ccc2c3ccccc3cc([N+](C)(c3ccccc3)c3ccccc3)c2[n+]1C. The van der Waals surface area contributed by atoms with E-state index in [4.69, 9.17) is 0 Å². The van der Waals surface area contributed by atoms with E-state index in [1.165, 1.54) is 55.6 Å². The van der Waals surface area contributed by atoms with E-state index < -0.39 is 0 Å². The van der Waals surface area contributed by atoms with Gasteiger partial charge in [-0.15, -0.1) is 0 Å². The highest BCUT2D eigenvalue weighted by Gasteiger charge is 2.37. The molecule has 0 saturated carbocycles. The molecule has 0 radical (unpaired) electrons. The largest absolute Gasteiger partial charge is 0.275 e. The summed E-state index contributed by atoms with van der Waals surface area (Å²) >= 11 is 0. The van der Waals surface area contributed by atoms with Crippen LogP contribution in [0.2, 0.25) is 0 Å². The van der Waals surface area contributed by atoms with Gasteiger partial charge in [-0.05, 0) is 59.7 Å². The smallest absolute Gasteiger partial charge is 0.223 e. The number of para-hydroxylation sites is 2. The van der Waals surface area contributed by atoms with Crippen LogP contribution in [0.15, 0.2) is 127 Å². The standard InChI is InChI=1S/C34H30N2/c1-25-14-10-12-20-29(25)32-23-22-31-30-21-13-11-15-26(30)24-33(34(31)35(32)2)36(3,27-16-6-4-7-17-27)28-18-8-5-9-19-28/h4-24H,1-3H3/q+2. The number of aryl methyl sites for hydroxylation is 2. The maximum Gasteiger partial charge on any atom is 0.275 e. The number of hydrogen-bond donors (Lipinski definition) is 0. The van der Waals surface area contributed by atoms with E-state index in [0.29, 0.717) is 4.48 Å². The van der Waals surface area contributed by atoms with E-state index in [2.05, 4.69) is 153 Å². The maximum atomic E-state index is 2.39. The van der Waals surface area contributed by atoms with Gasteiger partial charge in [0.25, 0.3) is 5.52 Å². The van der Waals surface area contributed by atoms with Crippen LogP contribution in [0.3, 0.4) is 0 Å². The Bertz CT molecular complexity index is 1660. The zero-order valence-corrected chi connectivity index (χ0v) is 21.0. The van der Waals surface area contributed by atoms with Crippen LogP contribution in [0.1, 0.15) is 5.56 Å². The number of aromatic nitrogens is 1. The topological polar surface area (TPSA) is 3.88 Å². The molecule has 2 heteroatoms. The van der Waals surface area contributed by atoms with Crippen LogP contribution >= 0.6 is 0 Å². The number of fused-ring (bicyclic) bond motifs is 3. The Balaban J connectivity index is 1.79. The van der Waals surface area contributed by atoms with Crippen LogP contribution < -0.4 is 9.05 Å². The molecule has 0 N–H and O–H groups in total. The fourth-order valence-electron chi connectivity index (χ4n) is 5.62. The first-order valence-corrected chi connectivity index (χ1v) is 12.5. The van der Waals surface area contributed by atoms with Gasteiger partial charge < -0.3 is 0 Å². The van der Waals surface area contributed by atoms with Gasteiger partial charge in [-0.1, -0.05) is 78.9 Å². The van der Waals surface area contributed by atoms with Gasteiger partial charge in [0.05, 0.1) is 12.4 Å². The molecule has 0 fully saturated rings. The van der Waals surface area contributed by atoms with Gasteiger partial charge in [-0.25, -0.2) is 4.48 Å². The van der Waals surface area contributed by atoms with Crippen molar-refractivity contribution in [2.45, 2.75) is 6.92 Å². The molecule has 2 nitrogen and oxygen atoms in total. The molecule has 0 aliphatic carbocycles. The number of pyridine rings is 1. The van der Waals surface area contributed by atoms with Crippen LogP contribution in [0.5, 0.6) is 0 Å². The number of benzene rings is 5. The predicted molar refractivity (Wildman–Crippen MR) is 153 cm³/mol. The first-order valence-electron chi connectivity index (χ1n) is 12.5. The van der Waals surface area contributed by atoms with Crippen molar-refractivity contribution in [3.63, 3.8) is 0 Å². The second kappa shape index (κ2) is 8.75. The van der Waals surface area contributed by atoms with Crippen molar-refractivity contribution in [3.8, 4) is 11.3 Å². The van der Waals surface area contributed by atoms with Crippen LogP contribution in [-0.2, 0) is 7.05 Å². The Morgan fingerprint density at radius 3 is 1.83 bits per heavy atom. The third-order valence-electron chi connectivity index (χ3n) is 7.59. The zero-order chi connectivity index (χ0) is 24.7. The van der Waals surface area contributed by atoms with E-state index in [0.717, 1.165) is 0 Å². The lowest BCUT2D eigenvalue weighted by Crippen LogP contribution is -2.39. The molecule has 6 rings (SSSR count). The van der Waals surface area contributed by atoms with Crippen molar-refractivity contribution in [2.75, 3.05) is 7.05 Å². The molecule has 0 saturated heterocycles. The molecule has 0 spiro atoms. The summed E-state index contributed by atoms with van der Waals surface area (Å²) in [5.74, 6) is 0. The lowest BCUT2D eigenvalue weighted by atomic mass is 9.98. The summed E-state index contributed by atoms with van der Waals surface area (Å²) in [5, 5.41) is 3.79. The highest BCUT2D eigenvalue weighted by atomic mass is 15.4. The zero-order valence-electron chi connectivity index (χ0n) is 21.0. The van der Waals surface area contributed by atoms with Crippen molar-refractivity contribution in [1.82, 2.24) is 4.48 Å². The third-order valence-corrected chi connectivity index (χ3v) is 7.59. The van der Waals surface area contributed by atoms with E-state index >= 15 is 0 Å². The first kappa shape index (κ1) is 22.2. The average molecular weight is 467 g/mol. The fourth-order valence-corrected chi connectivity index (χ4v) is 5.62. The summed E-state index contributed by atoms with van der Waals surface area (Å²) in [7, 11) is 4.53. The molecular weight excluding hydrogens is 436 g/mol. The summed E-state index contributed by atoms with van der Waals surface area (Å²) in [5.41, 5.74) is 8.68. The lowest BCUT2D eigenvalue weighted by Gasteiger charge is -2.33. The minimum atomic E-state index is 0.564. The fraction of sp³-hybridized carbons (Fsp3) is 0.0882. The summed E-state index contributed by atoms with van der Waals surface area (Å²) in [6, 6.07) is 46.0. The molecule has 5 aromatic carbocycles. The minimum absolute atomic E-state index is 0.564. The van der Waals surface area contributed by atoms with Crippen LogP contribution in [0, 0.1) is 6.92 Å². The Morgan fingerprint density at radius 1 is 0.583 bits per heavy atom. The summed E-state index contributed by atoms with van der Waals surface area (Å²) in [6.07, 6.45) is 0. The van der Waals surface area contributed by atoms with Crippen LogP contribution in [0.4, 0.5) is 17.1 Å². The van der Waals surface area contributed by atoms with Gasteiger partial charge >= 0.3 is 0 Å². The molecule has 174 valence electrons. The van der Waals surface area contributed by atoms with Crippen molar-refractivity contribution >= 4 is 38.7 Å². The molecule has 0 amide bonds. The van der Waals surface area contributed by atoms with Gasteiger partial charge in [-0.3, -0.25) is 0 Å². The van der Waals surface area contributed by atoms with Crippen LogP contribution in [-0.4, -0.2) is 7.05 Å². The number of rotatable bonds is 4. The summed E-state index contributed by atoms with van der Waals surface area (Å²) in [4.78, 5) is 0. The predicted octanol–water partition coefficient (Wildman–Crippen LogP) is 8.39. The van der Waals surface area contributed by atoms with E-state index in [-0.39, 0.29) is 0 Å². The second-order valence-electron chi connectivity index (χ2n) is 9.65. The Hall–Kier alpha value is -4.27. The molecule has 0 atom stereocenters. The molecular formula is C34H30N2+2. The van der Waals surface area contributed by atoms with Crippen molar-refractivity contribution < 1.29 is 4.57 Å². The normalized spacial score (nSPS) is 11.8. The number of quaternary nitrogens is 1. The quantitative estimate of drug-likeness (QED) is 0.139. The Labute approximate surface area is 212 Å². The van der Waals surface area contributed by atoms with Gasteiger partial charge in [0.1, 0.15) is 18.4 Å². The molecule has 1 aromatic heterocycles. The van der Waals surface area contributed by atoms with E-state index in [1.807, 2.05) is 0 Å². The maximum absolute atomic E-state index is 2.39. The van der Waals surface area contributed by atoms with E-state index in [1.54, 1.807) is 0 Å². The van der Waals surface area contributed by atoms with Crippen molar-refractivity contribution in [2.24, 2.45) is 7.05 Å². The molecule has 0 aliphatic rings. The van der Waals surface area contributed by atoms with Gasteiger partial charge in [-0.2, -0.15) is 4.57 Å². The molecule has 36 heavy (non-hydrogen) atoms. The van der Waals surface area contributed by atoms with Gasteiger partial charge in [0.2, 0.25) is 11.4 Å². The van der Waals surface area contributed by atoms with Crippen molar-refractivity contribution in [1.29, 1.82) is 0 Å². The molecule has 1 heterocycles. The van der Waals surface area contributed by atoms with E-state index in [9.17, 15) is 0 Å². The van der Waals surface area contributed by atoms with Gasteiger partial charge in [0.15, 0.2) is 0 Å². The second-order valence-corrected chi connectivity index (χ2v) is 9.65. The monoisotopic (exact) mass is 466 g/mol. The molecule has 0 unspecified atom stereocenters. The summed E-state index contributed by atoms with van der Waals surface area (Å²) < 4.78 is 2.95. The Morgan fingerprint density at radius 2 is 1.17 bits per heavy atom. The number of nitrogens with zero attached hydrogens (tertiary/aromatic N) is 2. The third kappa shape index (κ3) is 3.42. The molecule has 0 aliphatic heterocycles.